The molecule has 1 aliphatic rings. The van der Waals surface area contributed by atoms with Crippen molar-refractivity contribution in [2.75, 3.05) is 11.9 Å². The Labute approximate surface area is 127 Å². The maximum absolute atomic E-state index is 5.90. The lowest BCUT2D eigenvalue weighted by atomic mass is 10.1. The first-order valence-electron chi connectivity index (χ1n) is 7.26. The van der Waals surface area contributed by atoms with E-state index in [9.17, 15) is 0 Å². The number of ether oxygens (including phenoxy) is 1. The van der Waals surface area contributed by atoms with E-state index in [2.05, 4.69) is 25.5 Å². The highest BCUT2D eigenvalue weighted by atomic mass is 16.5. The van der Waals surface area contributed by atoms with Crippen LogP contribution in [-0.4, -0.2) is 42.0 Å². The molecule has 3 aromatic rings. The molecule has 0 radical (unpaired) electrons. The molecule has 1 aliphatic heterocycles. The molecule has 0 bridgehead atoms. The number of hydrogen-bond donors (Lipinski definition) is 1. The van der Waals surface area contributed by atoms with Gasteiger partial charge in [0, 0.05) is 31.6 Å². The third-order valence-corrected chi connectivity index (χ3v) is 3.96. The Bertz CT molecular complexity index is 808. The molecular weight excluding hydrogens is 282 g/mol. The van der Waals surface area contributed by atoms with Crippen molar-refractivity contribution in [1.82, 2.24) is 29.4 Å². The van der Waals surface area contributed by atoms with E-state index in [-0.39, 0.29) is 12.1 Å². The first kappa shape index (κ1) is 13.2. The topological polar surface area (TPSA) is 82.2 Å². The fraction of sp³-hybridized carbons (Fsp3) is 0.429. The van der Waals surface area contributed by atoms with Gasteiger partial charge < -0.3 is 10.1 Å². The Hall–Kier alpha value is -2.48. The Kier molecular flexibility index (Phi) is 3.04. The van der Waals surface area contributed by atoms with Crippen molar-refractivity contribution in [3.8, 4) is 0 Å². The van der Waals surface area contributed by atoms with E-state index in [4.69, 9.17) is 4.74 Å². The zero-order chi connectivity index (χ0) is 15.1. The van der Waals surface area contributed by atoms with Crippen LogP contribution >= 0.6 is 0 Å². The normalized spacial score (nSPS) is 21.5. The van der Waals surface area contributed by atoms with Crippen molar-refractivity contribution in [3.63, 3.8) is 0 Å². The van der Waals surface area contributed by atoms with E-state index >= 15 is 0 Å². The molecule has 0 aliphatic carbocycles. The van der Waals surface area contributed by atoms with Crippen LogP contribution < -0.4 is 5.32 Å². The van der Waals surface area contributed by atoms with Crippen molar-refractivity contribution in [1.29, 1.82) is 0 Å². The zero-order valence-electron chi connectivity index (χ0n) is 12.5. The molecule has 4 heterocycles. The molecule has 1 fully saturated rings. The molecule has 1 saturated heterocycles. The summed E-state index contributed by atoms with van der Waals surface area (Å²) in [5, 5.41) is 12.0. The SMILES string of the molecule is Cc1cc(N[C@H]2CCO[C@@H]2c2ccnn2C)n2ncnc2n1. The van der Waals surface area contributed by atoms with Gasteiger partial charge in [0.1, 0.15) is 18.2 Å². The summed E-state index contributed by atoms with van der Waals surface area (Å²) in [5.74, 6) is 1.47. The van der Waals surface area contributed by atoms with Gasteiger partial charge in [-0.05, 0) is 19.4 Å². The quantitative estimate of drug-likeness (QED) is 0.780. The monoisotopic (exact) mass is 299 g/mol. The number of fused-ring (bicyclic) bond motifs is 1. The summed E-state index contributed by atoms with van der Waals surface area (Å²) in [6.07, 6.45) is 4.20. The van der Waals surface area contributed by atoms with Crippen LogP contribution in [0.5, 0.6) is 0 Å². The lowest BCUT2D eigenvalue weighted by Crippen LogP contribution is -2.26. The molecule has 3 aromatic heterocycles. The third kappa shape index (κ3) is 2.12. The summed E-state index contributed by atoms with van der Waals surface area (Å²) in [5.41, 5.74) is 1.97. The molecule has 8 heteroatoms. The maximum atomic E-state index is 5.90. The Morgan fingerprint density at radius 2 is 2.27 bits per heavy atom. The minimum Gasteiger partial charge on any atom is -0.370 e. The van der Waals surface area contributed by atoms with Gasteiger partial charge in [0.2, 0.25) is 0 Å². The highest BCUT2D eigenvalue weighted by molar-refractivity contribution is 5.46. The van der Waals surface area contributed by atoms with Gasteiger partial charge in [0.25, 0.3) is 5.78 Å². The van der Waals surface area contributed by atoms with E-state index < -0.39 is 0 Å². The number of rotatable bonds is 3. The molecule has 114 valence electrons. The standard InChI is InChI=1S/C14H17N7O/c1-9-7-12(21-14(18-9)15-8-17-21)19-10-4-6-22-13(10)11-3-5-16-20(11)2/h3,5,7-8,10,13,19H,4,6H2,1-2H3/t10-,13-/m0/s1. The van der Waals surface area contributed by atoms with Crippen LogP contribution in [0.15, 0.2) is 24.7 Å². The van der Waals surface area contributed by atoms with Gasteiger partial charge in [0.05, 0.1) is 11.7 Å². The summed E-state index contributed by atoms with van der Waals surface area (Å²) in [4.78, 5) is 8.51. The van der Waals surface area contributed by atoms with Crippen LogP contribution in [0.1, 0.15) is 23.9 Å². The Morgan fingerprint density at radius 3 is 3.09 bits per heavy atom. The van der Waals surface area contributed by atoms with Crippen LogP contribution in [0, 0.1) is 6.92 Å². The fourth-order valence-corrected chi connectivity index (χ4v) is 2.92. The molecule has 0 aromatic carbocycles. The largest absolute Gasteiger partial charge is 0.370 e. The van der Waals surface area contributed by atoms with E-state index in [0.717, 1.165) is 30.2 Å². The Balaban J connectivity index is 1.67. The van der Waals surface area contributed by atoms with Gasteiger partial charge in [-0.1, -0.05) is 0 Å². The fourth-order valence-electron chi connectivity index (χ4n) is 2.92. The van der Waals surface area contributed by atoms with Crippen LogP contribution in [0.2, 0.25) is 0 Å². The minimum atomic E-state index is -0.0282. The molecule has 1 N–H and O–H groups in total. The first-order chi connectivity index (χ1) is 10.7. The number of nitrogens with one attached hydrogen (secondary N) is 1. The second-order valence-corrected chi connectivity index (χ2v) is 5.47. The summed E-state index contributed by atoms with van der Waals surface area (Å²) in [7, 11) is 1.93. The summed E-state index contributed by atoms with van der Waals surface area (Å²) < 4.78 is 9.47. The van der Waals surface area contributed by atoms with Crippen molar-refractivity contribution >= 4 is 11.6 Å². The van der Waals surface area contributed by atoms with Gasteiger partial charge in [-0.15, -0.1) is 0 Å². The third-order valence-electron chi connectivity index (χ3n) is 3.96. The zero-order valence-corrected chi connectivity index (χ0v) is 12.5. The van der Waals surface area contributed by atoms with Crippen molar-refractivity contribution in [2.24, 2.45) is 7.05 Å². The lowest BCUT2D eigenvalue weighted by Gasteiger charge is -2.21. The van der Waals surface area contributed by atoms with Gasteiger partial charge in [-0.3, -0.25) is 4.68 Å². The molecule has 22 heavy (non-hydrogen) atoms. The summed E-state index contributed by atoms with van der Waals surface area (Å²) in [6.45, 7) is 2.67. The second-order valence-electron chi connectivity index (χ2n) is 5.47. The molecule has 0 amide bonds. The molecule has 2 atom stereocenters. The van der Waals surface area contributed by atoms with E-state index in [1.165, 1.54) is 6.33 Å². The number of aromatic nitrogens is 6. The van der Waals surface area contributed by atoms with Crippen molar-refractivity contribution in [2.45, 2.75) is 25.5 Å². The molecule has 0 saturated carbocycles. The van der Waals surface area contributed by atoms with Crippen LogP contribution in [-0.2, 0) is 11.8 Å². The first-order valence-corrected chi connectivity index (χ1v) is 7.26. The van der Waals surface area contributed by atoms with Crippen LogP contribution in [0.25, 0.3) is 5.78 Å². The highest BCUT2D eigenvalue weighted by Crippen LogP contribution is 2.31. The molecule has 4 rings (SSSR count). The van der Waals surface area contributed by atoms with Crippen LogP contribution in [0.4, 0.5) is 5.82 Å². The average molecular weight is 299 g/mol. The van der Waals surface area contributed by atoms with E-state index in [1.807, 2.05) is 30.8 Å². The number of hydrogen-bond acceptors (Lipinski definition) is 6. The number of nitrogens with zero attached hydrogens (tertiary/aromatic N) is 6. The molecule has 0 unspecified atom stereocenters. The lowest BCUT2D eigenvalue weighted by molar-refractivity contribution is 0.101. The predicted octanol–water partition coefficient (Wildman–Crippen LogP) is 1.11. The van der Waals surface area contributed by atoms with Gasteiger partial charge in [0.15, 0.2) is 0 Å². The van der Waals surface area contributed by atoms with Crippen molar-refractivity contribution in [3.05, 3.63) is 36.0 Å². The molecule has 0 spiro atoms. The van der Waals surface area contributed by atoms with Crippen LogP contribution in [0.3, 0.4) is 0 Å². The minimum absolute atomic E-state index is 0.0282. The van der Waals surface area contributed by atoms with Gasteiger partial charge in [-0.25, -0.2) is 4.98 Å². The van der Waals surface area contributed by atoms with E-state index in [0.29, 0.717) is 5.78 Å². The summed E-state index contributed by atoms with van der Waals surface area (Å²) >= 11 is 0. The smallest absolute Gasteiger partial charge is 0.254 e. The van der Waals surface area contributed by atoms with Gasteiger partial charge >= 0.3 is 0 Å². The summed E-state index contributed by atoms with van der Waals surface area (Å²) in [6, 6.07) is 4.12. The maximum Gasteiger partial charge on any atom is 0.254 e. The molecule has 8 nitrogen and oxygen atoms in total. The van der Waals surface area contributed by atoms with Gasteiger partial charge in [-0.2, -0.15) is 19.7 Å². The van der Waals surface area contributed by atoms with Crippen molar-refractivity contribution < 1.29 is 4.74 Å². The predicted molar refractivity (Wildman–Crippen MR) is 79.4 cm³/mol. The molecular formula is C14H17N7O. The average Bonchev–Trinajstić information content (AvgIpc) is 3.18. The second kappa shape index (κ2) is 5.06. The van der Waals surface area contributed by atoms with E-state index in [1.54, 1.807) is 10.7 Å². The highest BCUT2D eigenvalue weighted by Gasteiger charge is 2.32. The number of anilines is 1. The Morgan fingerprint density at radius 1 is 1.36 bits per heavy atom. The number of aryl methyl sites for hydroxylation is 2.